The van der Waals surface area contributed by atoms with Crippen LogP contribution in [0.2, 0.25) is 0 Å². The molecule has 19 heteroatoms. The number of aromatic nitrogens is 2. The van der Waals surface area contributed by atoms with Crippen LogP contribution >= 0.6 is 11.3 Å². The van der Waals surface area contributed by atoms with E-state index in [1.165, 1.54) is 46.8 Å². The van der Waals surface area contributed by atoms with Gasteiger partial charge >= 0.3 is 12.1 Å². The molecule has 1 aromatic carbocycles. The number of nitrogens with zero attached hydrogens (tertiary/aromatic N) is 4. The molecule has 0 saturated carbocycles. The number of carboxylic acid groups (broad SMARTS) is 1. The third-order valence-corrected chi connectivity index (χ3v) is 9.81. The predicted molar refractivity (Wildman–Crippen MR) is 155 cm³/mol. The Labute approximate surface area is 258 Å². The van der Waals surface area contributed by atoms with Gasteiger partial charge in [-0.3, -0.25) is 24.1 Å². The normalized spacial score (nSPS) is 18.4. The average molecular weight is 663 g/mol. The van der Waals surface area contributed by atoms with Gasteiger partial charge in [-0.25, -0.2) is 27.7 Å². The number of ketones is 1. The maximum Gasteiger partial charge on any atom is 0.407 e. The molecule has 0 aliphatic carbocycles. The number of carboxylic acids is 1. The first kappa shape index (κ1) is 31.7. The van der Waals surface area contributed by atoms with Crippen LogP contribution in [0.25, 0.3) is 10.4 Å². The van der Waals surface area contributed by atoms with E-state index in [9.17, 15) is 47.9 Å². The number of β-lactam (4-membered cyclic amide) rings is 1. The molecule has 2 aromatic heterocycles. The van der Waals surface area contributed by atoms with Gasteiger partial charge < -0.3 is 25.2 Å². The van der Waals surface area contributed by atoms with E-state index >= 15 is 0 Å². The highest BCUT2D eigenvalue weighted by Crippen LogP contribution is 2.48. The lowest BCUT2D eigenvalue weighted by Crippen LogP contribution is -2.61. The smallest absolute Gasteiger partial charge is 0.407 e. The molecule has 45 heavy (non-hydrogen) atoms. The quantitative estimate of drug-likeness (QED) is 0.0858. The van der Waals surface area contributed by atoms with Crippen molar-refractivity contribution in [3.63, 3.8) is 0 Å². The van der Waals surface area contributed by atoms with Crippen molar-refractivity contribution in [2.75, 3.05) is 18.8 Å². The van der Waals surface area contributed by atoms with Crippen LogP contribution in [0.5, 0.6) is 0 Å². The number of fused-ring (bicyclic) bond motifs is 2. The van der Waals surface area contributed by atoms with Gasteiger partial charge in [0.2, 0.25) is 15.9 Å². The summed E-state index contributed by atoms with van der Waals surface area (Å²) in [6.45, 7) is 0.323. The summed E-state index contributed by atoms with van der Waals surface area (Å²) in [5.74, 6) is -3.69. The Morgan fingerprint density at radius 3 is 2.62 bits per heavy atom. The second kappa shape index (κ2) is 12.3. The van der Waals surface area contributed by atoms with Gasteiger partial charge in [-0.1, -0.05) is 0 Å². The first-order chi connectivity index (χ1) is 21.3. The number of rotatable bonds is 13. The number of alkyl carbamates (subject to hydrolysis) is 1. The number of aliphatic hydroxyl groups excluding tert-OH is 1. The first-order valence-electron chi connectivity index (χ1n) is 13.4. The zero-order valence-electron chi connectivity index (χ0n) is 23.4. The van der Waals surface area contributed by atoms with Crippen LogP contribution in [0.1, 0.15) is 34.3 Å². The molecular weight excluding hydrogens is 636 g/mol. The molecule has 17 nitrogen and oxygen atoms in total. The summed E-state index contributed by atoms with van der Waals surface area (Å²) < 4.78 is 33.5. The van der Waals surface area contributed by atoms with Crippen molar-refractivity contribution in [2.24, 2.45) is 5.92 Å². The fourth-order valence-corrected chi connectivity index (χ4v) is 7.17. The molecule has 3 atom stereocenters. The first-order valence-corrected chi connectivity index (χ1v) is 15.8. The highest BCUT2D eigenvalue weighted by atomic mass is 32.2. The van der Waals surface area contributed by atoms with E-state index in [1.54, 1.807) is 6.20 Å². The monoisotopic (exact) mass is 662 g/mol. The van der Waals surface area contributed by atoms with Gasteiger partial charge in [0.1, 0.15) is 29.2 Å². The van der Waals surface area contributed by atoms with Gasteiger partial charge in [0.15, 0.2) is 5.78 Å². The number of hydrogen-bond donors (Lipinski definition) is 4. The molecule has 4 heterocycles. The Kier molecular flexibility index (Phi) is 8.70. The summed E-state index contributed by atoms with van der Waals surface area (Å²) >= 11 is 1.06. The van der Waals surface area contributed by atoms with Crippen LogP contribution in [-0.4, -0.2) is 92.6 Å². The number of carbonyl (C=O) groups is 4. The summed E-state index contributed by atoms with van der Waals surface area (Å²) in [6.07, 6.45) is 1.27. The average Bonchev–Trinajstić information content (AvgIpc) is 3.66. The molecular formula is C26H26N6O11S2. The molecule has 0 radical (unpaired) electrons. The highest BCUT2D eigenvalue weighted by molar-refractivity contribution is 7.89. The Morgan fingerprint density at radius 1 is 1.27 bits per heavy atom. The number of nitro benzene ring substituents is 1. The number of ether oxygens (including phenoxy) is 1. The molecule has 3 aromatic rings. The fraction of sp³-hybridized carbons (Fsp3) is 0.346. The molecule has 0 unspecified atom stereocenters. The number of carbonyl (C=O) groups excluding carboxylic acids is 3. The van der Waals surface area contributed by atoms with Crippen LogP contribution in [-0.2, 0) is 31.0 Å². The molecule has 0 spiro atoms. The lowest BCUT2D eigenvalue weighted by molar-refractivity contribution is -0.384. The Morgan fingerprint density at radius 2 is 1.98 bits per heavy atom. The number of amides is 2. The number of sulfonamides is 1. The zero-order valence-corrected chi connectivity index (χ0v) is 25.0. The largest absolute Gasteiger partial charge is 0.477 e. The third-order valence-electron chi connectivity index (χ3n) is 7.31. The number of non-ortho nitro benzene ring substituents is 1. The molecule has 5 rings (SSSR count). The van der Waals surface area contributed by atoms with Crippen LogP contribution < -0.4 is 10.0 Å². The van der Waals surface area contributed by atoms with E-state index in [2.05, 4.69) is 15.0 Å². The van der Waals surface area contributed by atoms with Gasteiger partial charge in [-0.2, -0.15) is 0 Å². The van der Waals surface area contributed by atoms with Crippen molar-refractivity contribution in [3.8, 4) is 0 Å². The molecule has 4 N–H and O–H groups in total. The van der Waals surface area contributed by atoms with Gasteiger partial charge in [0, 0.05) is 30.4 Å². The van der Waals surface area contributed by atoms with Crippen LogP contribution in [0, 0.1) is 16.0 Å². The highest BCUT2D eigenvalue weighted by Gasteiger charge is 2.57. The minimum absolute atomic E-state index is 0.0430. The Bertz CT molecular complexity index is 1850. The van der Waals surface area contributed by atoms with Crippen LogP contribution in [0.3, 0.4) is 0 Å². The number of thiazole rings is 1. The van der Waals surface area contributed by atoms with Crippen molar-refractivity contribution in [1.82, 2.24) is 24.3 Å². The number of nitrogens with one attached hydrogen (secondary N) is 2. The summed E-state index contributed by atoms with van der Waals surface area (Å²) in [5, 5.41) is 32.7. The van der Waals surface area contributed by atoms with E-state index in [0.717, 1.165) is 11.3 Å². The maximum absolute atomic E-state index is 12.9. The number of hydrogen-bond acceptors (Lipinski definition) is 12. The van der Waals surface area contributed by atoms with Crippen molar-refractivity contribution in [3.05, 3.63) is 68.7 Å². The number of benzene rings is 1. The number of aliphatic carboxylic acids is 1. The summed E-state index contributed by atoms with van der Waals surface area (Å²) in [4.78, 5) is 65.5. The maximum atomic E-state index is 12.9. The number of aliphatic hydroxyl groups is 1. The van der Waals surface area contributed by atoms with E-state index in [0.29, 0.717) is 20.8 Å². The predicted octanol–water partition coefficient (Wildman–Crippen LogP) is 0.740. The lowest BCUT2D eigenvalue weighted by atomic mass is 9.83. The van der Waals surface area contributed by atoms with E-state index < -0.39 is 69.1 Å². The Hall–Kier alpha value is -4.72. The van der Waals surface area contributed by atoms with Gasteiger partial charge in [-0.15, -0.1) is 11.3 Å². The van der Waals surface area contributed by atoms with Crippen molar-refractivity contribution >= 4 is 61.2 Å². The number of nitro groups is 1. The molecule has 2 aliphatic rings. The second-order valence-corrected chi connectivity index (χ2v) is 13.2. The molecule has 2 amide bonds. The minimum atomic E-state index is -4.01. The van der Waals surface area contributed by atoms with Crippen LogP contribution in [0.4, 0.5) is 10.5 Å². The molecule has 1 fully saturated rings. The molecule has 0 bridgehead atoms. The topological polar surface area (TPSA) is 240 Å². The molecule has 1 saturated heterocycles. The number of imidazole rings is 1. The summed E-state index contributed by atoms with van der Waals surface area (Å²) in [5.41, 5.74) is 0.531. The summed E-state index contributed by atoms with van der Waals surface area (Å²) in [6, 6.07) is 4.85. The Balaban J connectivity index is 1.15. The van der Waals surface area contributed by atoms with E-state index in [-0.39, 0.29) is 36.7 Å². The fourth-order valence-electron chi connectivity index (χ4n) is 5.15. The van der Waals surface area contributed by atoms with Crippen molar-refractivity contribution in [1.29, 1.82) is 0 Å². The van der Waals surface area contributed by atoms with Gasteiger partial charge in [0.25, 0.3) is 5.69 Å². The zero-order chi connectivity index (χ0) is 32.6. The minimum Gasteiger partial charge on any atom is -0.477 e. The SMILES string of the molecule is C[C@@H](O)[C@H]1C(=O)N2C(C(=O)O)=C(c3cn4cnc(C(=O)CNS(=O)(=O)CCNC(=O)OCc5ccc([N+](=O)[O-])cc5)c4s3)C[C@H]12. The second-order valence-electron chi connectivity index (χ2n) is 10.3. The lowest BCUT2D eigenvalue weighted by Gasteiger charge is -2.44. The molecule has 2 aliphatic heterocycles. The van der Waals surface area contributed by atoms with E-state index in [4.69, 9.17) is 4.74 Å². The van der Waals surface area contributed by atoms with E-state index in [1.807, 2.05) is 0 Å². The van der Waals surface area contributed by atoms with Crippen molar-refractivity contribution in [2.45, 2.75) is 32.1 Å². The van der Waals surface area contributed by atoms with Crippen molar-refractivity contribution < 1.29 is 47.5 Å². The third kappa shape index (κ3) is 6.41. The van der Waals surface area contributed by atoms with Crippen LogP contribution in [0.15, 0.2) is 42.5 Å². The molecule has 238 valence electrons. The standard InChI is InChI=1S/C26H26N6O11S2/c1-13(33)20-17-8-16(22(25(36)37)31(17)23(20)35)19-10-30-12-28-21(24(30)44-19)18(34)9-29-45(41,42)7-6-27-26(38)43-11-14-2-4-15(5-3-14)32(39)40/h2-5,10,12-13,17,20,29,33H,6-9,11H2,1H3,(H,27,38)(H,36,37)/t13-,17-,20-/m1/s1. The van der Waals surface area contributed by atoms with Gasteiger partial charge in [0.05, 0.1) is 40.2 Å². The van der Waals surface area contributed by atoms with Gasteiger partial charge in [-0.05, 0) is 31.0 Å². The number of Topliss-reactive ketones (excluding diaryl/α,β-unsaturated/α-hetero) is 1. The summed E-state index contributed by atoms with van der Waals surface area (Å²) in [7, 11) is -4.01.